The van der Waals surface area contributed by atoms with Gasteiger partial charge in [-0.05, 0) is 31.1 Å². The number of hydrogen-bond donors (Lipinski definition) is 2. The summed E-state index contributed by atoms with van der Waals surface area (Å²) in [6, 6.07) is 0. The van der Waals surface area contributed by atoms with E-state index < -0.39 is 0 Å². The molecule has 2 N–H and O–H groups in total. The van der Waals surface area contributed by atoms with Gasteiger partial charge in [-0.2, -0.15) is 0 Å². The predicted octanol–water partition coefficient (Wildman–Crippen LogP) is 4.53. The van der Waals surface area contributed by atoms with Crippen LogP contribution in [0.3, 0.4) is 0 Å². The van der Waals surface area contributed by atoms with Gasteiger partial charge in [0.2, 0.25) is 0 Å². The Morgan fingerprint density at radius 2 is 1.11 bits per heavy atom. The van der Waals surface area contributed by atoms with Gasteiger partial charge in [-0.25, -0.2) is 0 Å². The van der Waals surface area contributed by atoms with E-state index in [1.165, 1.54) is 64.2 Å². The van der Waals surface area contributed by atoms with Crippen LogP contribution in [0.25, 0.3) is 0 Å². The fraction of sp³-hybridized carbons (Fsp3) is 1.00. The second kappa shape index (κ2) is 14.3. The van der Waals surface area contributed by atoms with E-state index >= 15 is 0 Å². The summed E-state index contributed by atoms with van der Waals surface area (Å²) < 4.78 is 0. The smallest absolute Gasteiger partial charge is 0.0459 e. The zero-order valence-electron chi connectivity index (χ0n) is 13.2. The van der Waals surface area contributed by atoms with E-state index in [0.29, 0.717) is 25.0 Å². The van der Waals surface area contributed by atoms with Gasteiger partial charge >= 0.3 is 0 Å². The molecule has 2 nitrogen and oxygen atoms in total. The van der Waals surface area contributed by atoms with Crippen molar-refractivity contribution in [2.45, 2.75) is 84.5 Å². The van der Waals surface area contributed by atoms with Crippen molar-refractivity contribution >= 4 is 0 Å². The van der Waals surface area contributed by atoms with Crippen molar-refractivity contribution in [2.75, 3.05) is 13.2 Å². The Labute approximate surface area is 120 Å². The third kappa shape index (κ3) is 11.4. The van der Waals surface area contributed by atoms with Crippen LogP contribution in [0.4, 0.5) is 0 Å². The van der Waals surface area contributed by atoms with E-state index in [1.807, 2.05) is 0 Å². The van der Waals surface area contributed by atoms with Crippen molar-refractivity contribution in [3.8, 4) is 0 Å². The molecular formula is C17H36O2. The van der Waals surface area contributed by atoms with Crippen LogP contribution in [0.15, 0.2) is 0 Å². The summed E-state index contributed by atoms with van der Waals surface area (Å²) in [7, 11) is 0. The molecule has 2 unspecified atom stereocenters. The lowest BCUT2D eigenvalue weighted by Gasteiger charge is -2.14. The van der Waals surface area contributed by atoms with E-state index in [9.17, 15) is 5.11 Å². The van der Waals surface area contributed by atoms with Crippen molar-refractivity contribution in [3.05, 3.63) is 0 Å². The molecule has 0 amide bonds. The van der Waals surface area contributed by atoms with E-state index in [0.717, 1.165) is 6.42 Å². The first kappa shape index (κ1) is 18.9. The first-order valence-electron chi connectivity index (χ1n) is 8.50. The molecule has 19 heavy (non-hydrogen) atoms. The molecule has 0 aromatic heterocycles. The Hall–Kier alpha value is -0.0800. The van der Waals surface area contributed by atoms with Gasteiger partial charge in [0.25, 0.3) is 0 Å². The second-order valence-electron chi connectivity index (χ2n) is 5.99. The minimum atomic E-state index is 0.348. The summed E-state index contributed by atoms with van der Waals surface area (Å²) in [5.41, 5.74) is 0. The molecule has 0 rings (SSSR count). The molecular weight excluding hydrogens is 236 g/mol. The Bertz CT molecular complexity index is 167. The largest absolute Gasteiger partial charge is 0.396 e. The van der Waals surface area contributed by atoms with Gasteiger partial charge in [0.15, 0.2) is 0 Å². The van der Waals surface area contributed by atoms with Gasteiger partial charge in [-0.1, -0.05) is 65.2 Å². The Morgan fingerprint density at radius 1 is 0.632 bits per heavy atom. The third-order valence-electron chi connectivity index (χ3n) is 4.28. The highest BCUT2D eigenvalue weighted by Crippen LogP contribution is 2.19. The first-order chi connectivity index (χ1) is 9.28. The Balaban J connectivity index is 3.40. The standard InChI is InChI=1S/C17H36O2/c1-3-5-8-12-17(15-19)13-10-7-6-9-11-16(4-2)14-18/h16-19H,3-15H2,1-2H3. The summed E-state index contributed by atoms with van der Waals surface area (Å²) in [4.78, 5) is 0. The predicted molar refractivity (Wildman–Crippen MR) is 83.3 cm³/mol. The van der Waals surface area contributed by atoms with E-state index in [1.54, 1.807) is 0 Å². The third-order valence-corrected chi connectivity index (χ3v) is 4.28. The highest BCUT2D eigenvalue weighted by atomic mass is 16.3. The van der Waals surface area contributed by atoms with Crippen LogP contribution in [0.2, 0.25) is 0 Å². The molecule has 2 atom stereocenters. The van der Waals surface area contributed by atoms with Crippen molar-refractivity contribution in [1.82, 2.24) is 0 Å². The lowest BCUT2D eigenvalue weighted by molar-refractivity contribution is 0.202. The van der Waals surface area contributed by atoms with Crippen LogP contribution >= 0.6 is 0 Å². The number of rotatable bonds is 14. The van der Waals surface area contributed by atoms with Crippen LogP contribution in [0.5, 0.6) is 0 Å². The molecule has 0 aliphatic heterocycles. The fourth-order valence-corrected chi connectivity index (χ4v) is 2.65. The first-order valence-corrected chi connectivity index (χ1v) is 8.50. The summed E-state index contributed by atoms with van der Waals surface area (Å²) in [5, 5.41) is 18.4. The number of hydrogen-bond acceptors (Lipinski definition) is 2. The van der Waals surface area contributed by atoms with Gasteiger partial charge in [0.1, 0.15) is 0 Å². The lowest BCUT2D eigenvalue weighted by atomic mass is 9.94. The Kier molecular flexibility index (Phi) is 14.3. The molecule has 0 heterocycles. The van der Waals surface area contributed by atoms with Crippen LogP contribution in [-0.2, 0) is 0 Å². The molecule has 0 aromatic carbocycles. The molecule has 2 heteroatoms. The molecule has 0 aliphatic rings. The minimum Gasteiger partial charge on any atom is -0.396 e. The minimum absolute atomic E-state index is 0.348. The lowest BCUT2D eigenvalue weighted by Crippen LogP contribution is -2.06. The van der Waals surface area contributed by atoms with Crippen LogP contribution in [-0.4, -0.2) is 23.4 Å². The van der Waals surface area contributed by atoms with Gasteiger partial charge in [-0.15, -0.1) is 0 Å². The fourth-order valence-electron chi connectivity index (χ4n) is 2.65. The molecule has 0 radical (unpaired) electrons. The summed E-state index contributed by atoms with van der Waals surface area (Å²) in [6.45, 7) is 5.10. The maximum atomic E-state index is 9.34. The molecule has 0 aromatic rings. The molecule has 0 spiro atoms. The van der Waals surface area contributed by atoms with Gasteiger partial charge in [-0.3, -0.25) is 0 Å². The average molecular weight is 272 g/mol. The highest BCUT2D eigenvalue weighted by Gasteiger charge is 2.07. The maximum absolute atomic E-state index is 9.34. The molecule has 0 aliphatic carbocycles. The van der Waals surface area contributed by atoms with Crippen molar-refractivity contribution in [2.24, 2.45) is 11.8 Å². The number of aliphatic hydroxyl groups is 2. The average Bonchev–Trinajstić information content (AvgIpc) is 2.44. The Morgan fingerprint density at radius 3 is 1.53 bits per heavy atom. The highest BCUT2D eigenvalue weighted by molar-refractivity contribution is 4.60. The molecule has 116 valence electrons. The second-order valence-corrected chi connectivity index (χ2v) is 5.99. The van der Waals surface area contributed by atoms with Gasteiger partial charge in [0.05, 0.1) is 0 Å². The topological polar surface area (TPSA) is 40.5 Å². The number of unbranched alkanes of at least 4 members (excludes halogenated alkanes) is 5. The van der Waals surface area contributed by atoms with E-state index in [2.05, 4.69) is 13.8 Å². The normalized spacial score (nSPS) is 14.5. The van der Waals surface area contributed by atoms with Crippen LogP contribution < -0.4 is 0 Å². The zero-order chi connectivity index (χ0) is 14.3. The SMILES string of the molecule is CCCCCC(CO)CCCCCCC(CC)CO. The van der Waals surface area contributed by atoms with Gasteiger partial charge < -0.3 is 10.2 Å². The van der Waals surface area contributed by atoms with E-state index in [-0.39, 0.29) is 0 Å². The maximum Gasteiger partial charge on any atom is 0.0459 e. The quantitative estimate of drug-likeness (QED) is 0.456. The van der Waals surface area contributed by atoms with Crippen LogP contribution in [0, 0.1) is 11.8 Å². The monoisotopic (exact) mass is 272 g/mol. The van der Waals surface area contributed by atoms with Crippen molar-refractivity contribution in [3.63, 3.8) is 0 Å². The number of aliphatic hydroxyl groups excluding tert-OH is 2. The van der Waals surface area contributed by atoms with Gasteiger partial charge in [0, 0.05) is 13.2 Å². The summed E-state index contributed by atoms with van der Waals surface area (Å²) in [5.74, 6) is 1.05. The summed E-state index contributed by atoms with van der Waals surface area (Å²) >= 11 is 0. The molecule has 0 bridgehead atoms. The summed E-state index contributed by atoms with van der Waals surface area (Å²) in [6.07, 6.45) is 13.6. The molecule has 0 fully saturated rings. The molecule has 0 saturated carbocycles. The van der Waals surface area contributed by atoms with Crippen molar-refractivity contribution < 1.29 is 10.2 Å². The molecule has 0 saturated heterocycles. The van der Waals surface area contributed by atoms with Crippen molar-refractivity contribution in [1.29, 1.82) is 0 Å². The van der Waals surface area contributed by atoms with Crippen LogP contribution in [0.1, 0.15) is 84.5 Å². The zero-order valence-corrected chi connectivity index (χ0v) is 13.2. The van der Waals surface area contributed by atoms with E-state index in [4.69, 9.17) is 5.11 Å².